The number of carbonyl (C=O) groups is 1. The molecule has 0 aliphatic carbocycles. The van der Waals surface area contributed by atoms with Crippen LogP contribution in [-0.2, 0) is 4.79 Å². The first-order valence-electron chi connectivity index (χ1n) is 9.17. The van der Waals surface area contributed by atoms with E-state index in [-0.39, 0.29) is 12.5 Å². The first-order valence-corrected chi connectivity index (χ1v) is 9.92. The van der Waals surface area contributed by atoms with Gasteiger partial charge in [-0.2, -0.15) is 0 Å². The summed E-state index contributed by atoms with van der Waals surface area (Å²) in [6.45, 7) is 6.02. The molecule has 0 fully saturated rings. The first-order chi connectivity index (χ1) is 13.4. The number of halogens is 2. The highest BCUT2D eigenvalue weighted by Gasteiger charge is 2.15. The van der Waals surface area contributed by atoms with E-state index in [1.165, 1.54) is 5.56 Å². The number of nitrogens with one attached hydrogen (secondary N) is 1. The predicted octanol–water partition coefficient (Wildman–Crippen LogP) is 6.38. The van der Waals surface area contributed by atoms with Gasteiger partial charge in [-0.15, -0.1) is 0 Å². The minimum absolute atomic E-state index is 0.181. The summed E-state index contributed by atoms with van der Waals surface area (Å²) in [5.74, 6) is 0.569. The molecule has 1 atom stereocenters. The smallest absolute Gasteiger partial charge is 0.262 e. The molecule has 28 heavy (non-hydrogen) atoms. The Morgan fingerprint density at radius 1 is 1.14 bits per heavy atom. The van der Waals surface area contributed by atoms with Crippen molar-refractivity contribution in [1.82, 2.24) is 4.98 Å². The molecule has 2 aromatic carbocycles. The van der Waals surface area contributed by atoms with Crippen molar-refractivity contribution >= 4 is 45.7 Å². The highest BCUT2D eigenvalue weighted by Crippen LogP contribution is 2.37. The first kappa shape index (κ1) is 20.4. The number of aromatic nitrogens is 1. The molecule has 6 heteroatoms. The Kier molecular flexibility index (Phi) is 6.42. The Balaban J connectivity index is 1.72. The van der Waals surface area contributed by atoms with E-state index in [1.807, 2.05) is 43.3 Å². The minimum atomic E-state index is -0.275. The standard InChI is InChI=1S/C22H22Cl2N2O2/c1-4-13(2)15-6-8-16(9-7-15)26-20(27)12-28-22-19(24)11-18(23)17-10-5-14(3)25-21(17)22/h5-11,13H,4,12H2,1-3H3,(H,26,27). The highest BCUT2D eigenvalue weighted by molar-refractivity contribution is 6.39. The summed E-state index contributed by atoms with van der Waals surface area (Å²) >= 11 is 12.5. The zero-order valence-corrected chi connectivity index (χ0v) is 17.6. The number of ether oxygens (including phenoxy) is 1. The molecule has 1 aromatic heterocycles. The van der Waals surface area contributed by atoms with Gasteiger partial charge in [0.05, 0.1) is 10.0 Å². The Labute approximate surface area is 174 Å². The molecule has 1 N–H and O–H groups in total. The molecule has 3 rings (SSSR count). The lowest BCUT2D eigenvalue weighted by atomic mass is 9.99. The molecule has 1 heterocycles. The summed E-state index contributed by atoms with van der Waals surface area (Å²) in [6.07, 6.45) is 1.07. The summed E-state index contributed by atoms with van der Waals surface area (Å²) in [4.78, 5) is 16.8. The Morgan fingerprint density at radius 3 is 2.54 bits per heavy atom. The Morgan fingerprint density at radius 2 is 1.86 bits per heavy atom. The molecule has 4 nitrogen and oxygen atoms in total. The van der Waals surface area contributed by atoms with Crippen LogP contribution in [0.1, 0.15) is 37.4 Å². The lowest BCUT2D eigenvalue weighted by Crippen LogP contribution is -2.20. The number of rotatable bonds is 6. The number of anilines is 1. The summed E-state index contributed by atoms with van der Waals surface area (Å²) in [5, 5.41) is 4.37. The van der Waals surface area contributed by atoms with Crippen LogP contribution in [0.2, 0.25) is 10.0 Å². The fraction of sp³-hybridized carbons (Fsp3) is 0.273. The third kappa shape index (κ3) is 4.57. The van der Waals surface area contributed by atoms with Gasteiger partial charge in [0.25, 0.3) is 5.91 Å². The van der Waals surface area contributed by atoms with E-state index < -0.39 is 0 Å². The normalized spacial score (nSPS) is 12.0. The fourth-order valence-corrected chi connectivity index (χ4v) is 3.46. The van der Waals surface area contributed by atoms with Gasteiger partial charge in [-0.3, -0.25) is 4.79 Å². The number of nitrogens with zero attached hydrogens (tertiary/aromatic N) is 1. The lowest BCUT2D eigenvalue weighted by Gasteiger charge is -2.13. The van der Waals surface area contributed by atoms with E-state index in [0.717, 1.165) is 23.2 Å². The van der Waals surface area contributed by atoms with Gasteiger partial charge in [0.15, 0.2) is 12.4 Å². The van der Waals surface area contributed by atoms with Crippen LogP contribution in [0.3, 0.4) is 0 Å². The van der Waals surface area contributed by atoms with Crippen molar-refractivity contribution in [2.24, 2.45) is 0 Å². The van der Waals surface area contributed by atoms with E-state index in [2.05, 4.69) is 24.1 Å². The van der Waals surface area contributed by atoms with E-state index in [0.29, 0.717) is 27.2 Å². The molecule has 0 bridgehead atoms. The van der Waals surface area contributed by atoms with E-state index in [9.17, 15) is 4.79 Å². The van der Waals surface area contributed by atoms with Crippen LogP contribution in [-0.4, -0.2) is 17.5 Å². The number of amides is 1. The molecule has 1 amide bonds. The number of aryl methyl sites for hydroxylation is 1. The molecule has 0 saturated carbocycles. The number of pyridine rings is 1. The monoisotopic (exact) mass is 416 g/mol. The average molecular weight is 417 g/mol. The van der Waals surface area contributed by atoms with Crippen LogP contribution in [0.5, 0.6) is 5.75 Å². The SMILES string of the molecule is CCC(C)c1ccc(NC(=O)COc2c(Cl)cc(Cl)c3ccc(C)nc23)cc1. The van der Waals surface area contributed by atoms with Crippen LogP contribution in [0.25, 0.3) is 10.9 Å². The molecule has 1 unspecified atom stereocenters. The molecule has 3 aromatic rings. The van der Waals surface area contributed by atoms with E-state index >= 15 is 0 Å². The molecular formula is C22H22Cl2N2O2. The third-order valence-corrected chi connectivity index (χ3v) is 5.29. The maximum Gasteiger partial charge on any atom is 0.262 e. The van der Waals surface area contributed by atoms with Crippen molar-refractivity contribution in [2.75, 3.05) is 11.9 Å². The Hall–Kier alpha value is -2.30. The molecule has 0 aliphatic rings. The van der Waals surface area contributed by atoms with Gasteiger partial charge in [0.1, 0.15) is 5.52 Å². The maximum atomic E-state index is 12.3. The van der Waals surface area contributed by atoms with Crippen molar-refractivity contribution in [3.05, 3.63) is 63.8 Å². The quantitative estimate of drug-likeness (QED) is 0.506. The molecule has 0 saturated heterocycles. The minimum Gasteiger partial charge on any atom is -0.480 e. The second-order valence-corrected chi connectivity index (χ2v) is 7.60. The number of fused-ring (bicyclic) bond motifs is 1. The van der Waals surface area contributed by atoms with Gasteiger partial charge in [-0.1, -0.05) is 49.2 Å². The molecule has 0 spiro atoms. The van der Waals surface area contributed by atoms with Gasteiger partial charge in [-0.05, 0) is 55.2 Å². The lowest BCUT2D eigenvalue weighted by molar-refractivity contribution is -0.118. The van der Waals surface area contributed by atoms with Crippen LogP contribution in [0, 0.1) is 6.92 Å². The second kappa shape index (κ2) is 8.80. The third-order valence-electron chi connectivity index (χ3n) is 4.70. The van der Waals surface area contributed by atoms with Crippen LogP contribution >= 0.6 is 23.2 Å². The second-order valence-electron chi connectivity index (χ2n) is 6.79. The Bertz CT molecular complexity index is 1000. The van der Waals surface area contributed by atoms with Crippen molar-refractivity contribution in [3.63, 3.8) is 0 Å². The number of carbonyl (C=O) groups excluding carboxylic acids is 1. The number of hydrogen-bond acceptors (Lipinski definition) is 3. The molecule has 0 aliphatic heterocycles. The molecule has 146 valence electrons. The van der Waals surface area contributed by atoms with Crippen LogP contribution < -0.4 is 10.1 Å². The fourth-order valence-electron chi connectivity index (χ4n) is 2.89. The van der Waals surface area contributed by atoms with Crippen molar-refractivity contribution < 1.29 is 9.53 Å². The maximum absolute atomic E-state index is 12.3. The van der Waals surface area contributed by atoms with Gasteiger partial charge < -0.3 is 10.1 Å². The zero-order chi connectivity index (χ0) is 20.3. The largest absolute Gasteiger partial charge is 0.480 e. The number of hydrogen-bond donors (Lipinski definition) is 1. The summed E-state index contributed by atoms with van der Waals surface area (Å²) in [7, 11) is 0. The van der Waals surface area contributed by atoms with Gasteiger partial charge >= 0.3 is 0 Å². The van der Waals surface area contributed by atoms with Crippen LogP contribution in [0.15, 0.2) is 42.5 Å². The molecular weight excluding hydrogens is 395 g/mol. The van der Waals surface area contributed by atoms with Crippen LogP contribution in [0.4, 0.5) is 5.69 Å². The summed E-state index contributed by atoms with van der Waals surface area (Å²) in [5.41, 5.74) is 3.32. The zero-order valence-electron chi connectivity index (χ0n) is 16.1. The molecule has 0 radical (unpaired) electrons. The average Bonchev–Trinajstić information content (AvgIpc) is 2.67. The van der Waals surface area contributed by atoms with E-state index in [4.69, 9.17) is 27.9 Å². The highest BCUT2D eigenvalue weighted by atomic mass is 35.5. The van der Waals surface area contributed by atoms with E-state index in [1.54, 1.807) is 6.07 Å². The summed E-state index contributed by atoms with van der Waals surface area (Å²) < 4.78 is 5.71. The van der Waals surface area contributed by atoms with Crippen molar-refractivity contribution in [2.45, 2.75) is 33.1 Å². The van der Waals surface area contributed by atoms with Gasteiger partial charge in [-0.25, -0.2) is 4.98 Å². The van der Waals surface area contributed by atoms with Gasteiger partial charge in [0, 0.05) is 16.8 Å². The van der Waals surface area contributed by atoms with Crippen molar-refractivity contribution in [1.29, 1.82) is 0 Å². The number of benzene rings is 2. The summed E-state index contributed by atoms with van der Waals surface area (Å²) in [6, 6.07) is 13.2. The van der Waals surface area contributed by atoms with Gasteiger partial charge in [0.2, 0.25) is 0 Å². The topological polar surface area (TPSA) is 51.2 Å². The van der Waals surface area contributed by atoms with Crippen molar-refractivity contribution in [3.8, 4) is 5.75 Å². The predicted molar refractivity (Wildman–Crippen MR) is 116 cm³/mol.